The van der Waals surface area contributed by atoms with Gasteiger partial charge in [-0.15, -0.1) is 0 Å². The molecule has 7 heteroatoms. The zero-order chi connectivity index (χ0) is 19.4. The molecule has 0 bridgehead atoms. The van der Waals surface area contributed by atoms with Crippen LogP contribution in [0.2, 0.25) is 0 Å². The molecule has 1 aliphatic carbocycles. The van der Waals surface area contributed by atoms with Crippen molar-refractivity contribution in [3.05, 3.63) is 35.4 Å². The van der Waals surface area contributed by atoms with Gasteiger partial charge >= 0.3 is 0 Å². The highest BCUT2D eigenvalue weighted by Gasteiger charge is 2.48. The Labute approximate surface area is 163 Å². The van der Waals surface area contributed by atoms with Gasteiger partial charge in [0.1, 0.15) is 17.7 Å². The third kappa shape index (κ3) is 3.23. The highest BCUT2D eigenvalue weighted by atomic mass is 19.1. The zero-order valence-corrected chi connectivity index (χ0v) is 15.9. The number of ether oxygens (including phenoxy) is 1. The molecule has 3 aliphatic heterocycles. The van der Waals surface area contributed by atoms with E-state index in [1.165, 1.54) is 6.07 Å². The summed E-state index contributed by atoms with van der Waals surface area (Å²) in [5, 5.41) is 0. The van der Waals surface area contributed by atoms with Gasteiger partial charge in [0.05, 0.1) is 6.61 Å². The molecule has 0 aromatic heterocycles. The molecule has 1 amide bonds. The monoisotopic (exact) mass is 391 g/mol. The first-order valence-corrected chi connectivity index (χ1v) is 10.4. The van der Waals surface area contributed by atoms with Crippen LogP contribution in [0.5, 0.6) is 0 Å². The van der Waals surface area contributed by atoms with Gasteiger partial charge in [0, 0.05) is 49.2 Å². The Morgan fingerprint density at radius 2 is 2.00 bits per heavy atom. The predicted molar refractivity (Wildman–Crippen MR) is 99.3 cm³/mol. The van der Waals surface area contributed by atoms with Crippen molar-refractivity contribution in [3.63, 3.8) is 0 Å². The second-order valence-corrected chi connectivity index (χ2v) is 8.85. The van der Waals surface area contributed by atoms with Gasteiger partial charge in [-0.2, -0.15) is 0 Å². The van der Waals surface area contributed by atoms with E-state index in [2.05, 4.69) is 9.80 Å². The topological polar surface area (TPSA) is 58.8 Å². The first-order chi connectivity index (χ1) is 13.5. The van der Waals surface area contributed by atoms with Gasteiger partial charge in [-0.1, -0.05) is 0 Å². The third-order valence-corrected chi connectivity index (χ3v) is 6.97. The molecule has 28 heavy (non-hydrogen) atoms. The van der Waals surface area contributed by atoms with E-state index in [4.69, 9.17) is 10.5 Å². The normalized spacial score (nSPS) is 36.0. The Balaban J connectivity index is 1.23. The summed E-state index contributed by atoms with van der Waals surface area (Å²) in [6.07, 6.45) is 3.20. The number of halogens is 2. The van der Waals surface area contributed by atoms with Gasteiger partial charge in [-0.25, -0.2) is 8.78 Å². The summed E-state index contributed by atoms with van der Waals surface area (Å²) in [6.45, 7) is 3.16. The van der Waals surface area contributed by atoms with Crippen LogP contribution in [0.1, 0.15) is 37.4 Å². The average molecular weight is 391 g/mol. The van der Waals surface area contributed by atoms with E-state index < -0.39 is 17.7 Å². The molecule has 1 aromatic carbocycles. The van der Waals surface area contributed by atoms with Crippen LogP contribution in [-0.4, -0.2) is 60.1 Å². The van der Waals surface area contributed by atoms with Crippen molar-refractivity contribution in [1.29, 1.82) is 0 Å². The van der Waals surface area contributed by atoms with E-state index in [-0.39, 0.29) is 23.6 Å². The van der Waals surface area contributed by atoms with Crippen molar-refractivity contribution in [2.75, 3.05) is 26.2 Å². The molecule has 5 rings (SSSR count). The molecule has 5 nitrogen and oxygen atoms in total. The van der Waals surface area contributed by atoms with E-state index in [0.717, 1.165) is 51.0 Å². The van der Waals surface area contributed by atoms with Gasteiger partial charge in [0.25, 0.3) is 0 Å². The lowest BCUT2D eigenvalue weighted by Gasteiger charge is -2.39. The minimum Gasteiger partial charge on any atom is -0.370 e. The lowest BCUT2D eigenvalue weighted by atomic mass is 9.93. The quantitative estimate of drug-likeness (QED) is 0.857. The number of likely N-dealkylation sites (tertiary alicyclic amines) is 2. The van der Waals surface area contributed by atoms with Crippen LogP contribution in [0.3, 0.4) is 0 Å². The summed E-state index contributed by atoms with van der Waals surface area (Å²) in [7, 11) is 0. The lowest BCUT2D eigenvalue weighted by molar-refractivity contribution is -0.133. The fourth-order valence-corrected chi connectivity index (χ4v) is 5.28. The molecule has 2 N–H and O–H groups in total. The Bertz CT molecular complexity index is 772. The number of benzene rings is 1. The molecule has 3 heterocycles. The molecular formula is C21H27F2N3O2. The highest BCUT2D eigenvalue weighted by Crippen LogP contribution is 2.39. The molecule has 0 radical (unpaired) electrons. The average Bonchev–Trinajstić information content (AvgIpc) is 3.33. The summed E-state index contributed by atoms with van der Waals surface area (Å²) < 4.78 is 33.6. The molecule has 1 saturated carbocycles. The van der Waals surface area contributed by atoms with Crippen LogP contribution >= 0.6 is 0 Å². The van der Waals surface area contributed by atoms with Gasteiger partial charge in [-0.3, -0.25) is 9.69 Å². The molecule has 0 spiro atoms. The van der Waals surface area contributed by atoms with Crippen LogP contribution < -0.4 is 5.73 Å². The maximum atomic E-state index is 14.1. The standard InChI is InChI=1S/C21H27F2N3O2/c22-14-3-4-17(23)16(7-14)20-18(24)8-15(11-28-20)25-9-13-5-6-26(19(13)10-25)21(27)12-1-2-12/h3-4,7,12-13,15,18-20H,1-2,5-6,8-11,24H2/t13?,15-,18+,19?,20-/m1/s1. The molecular weight excluding hydrogens is 364 g/mol. The predicted octanol–water partition coefficient (Wildman–Crippen LogP) is 2.06. The summed E-state index contributed by atoms with van der Waals surface area (Å²) in [5.74, 6) is 0.165. The number of hydrogen-bond acceptors (Lipinski definition) is 4. The number of carbonyl (C=O) groups excluding carboxylic acids is 1. The van der Waals surface area contributed by atoms with Gasteiger partial charge < -0.3 is 15.4 Å². The van der Waals surface area contributed by atoms with Crippen LogP contribution in [0, 0.1) is 23.5 Å². The summed E-state index contributed by atoms with van der Waals surface area (Å²) in [6, 6.07) is 3.49. The maximum absolute atomic E-state index is 14.1. The second-order valence-electron chi connectivity index (χ2n) is 8.85. The number of nitrogens with two attached hydrogens (primary N) is 1. The summed E-state index contributed by atoms with van der Waals surface area (Å²) in [5.41, 5.74) is 6.52. The Morgan fingerprint density at radius 3 is 2.75 bits per heavy atom. The van der Waals surface area contributed by atoms with Crippen LogP contribution in [-0.2, 0) is 9.53 Å². The number of nitrogens with zero attached hydrogens (tertiary/aromatic N) is 2. The molecule has 4 fully saturated rings. The fourth-order valence-electron chi connectivity index (χ4n) is 5.28. The molecule has 1 aromatic rings. The van der Waals surface area contributed by atoms with Crippen molar-refractivity contribution in [2.45, 2.75) is 49.9 Å². The van der Waals surface area contributed by atoms with Crippen molar-refractivity contribution < 1.29 is 18.3 Å². The van der Waals surface area contributed by atoms with Crippen molar-refractivity contribution in [2.24, 2.45) is 17.6 Å². The molecule has 4 aliphatic rings. The minimum atomic E-state index is -0.623. The maximum Gasteiger partial charge on any atom is 0.225 e. The first kappa shape index (κ1) is 18.5. The number of carbonyl (C=O) groups is 1. The van der Waals surface area contributed by atoms with E-state index in [1.54, 1.807) is 0 Å². The number of hydrogen-bond donors (Lipinski definition) is 1. The first-order valence-electron chi connectivity index (χ1n) is 10.4. The van der Waals surface area contributed by atoms with E-state index >= 15 is 0 Å². The fraction of sp³-hybridized carbons (Fsp3) is 0.667. The van der Waals surface area contributed by atoms with Gasteiger partial charge in [-0.05, 0) is 49.8 Å². The van der Waals surface area contributed by atoms with Gasteiger partial charge in [0.2, 0.25) is 5.91 Å². The smallest absolute Gasteiger partial charge is 0.225 e. The largest absolute Gasteiger partial charge is 0.370 e. The summed E-state index contributed by atoms with van der Waals surface area (Å²) in [4.78, 5) is 17.0. The number of amides is 1. The number of fused-ring (bicyclic) bond motifs is 1. The SMILES string of the molecule is N[C@H]1C[C@@H](N2CC3CCN(C(=O)C4CC4)C3C2)CO[C@@H]1c1cc(F)ccc1F. The molecule has 152 valence electrons. The Hall–Kier alpha value is -1.57. The highest BCUT2D eigenvalue weighted by molar-refractivity contribution is 5.81. The molecule has 3 saturated heterocycles. The van der Waals surface area contributed by atoms with Crippen LogP contribution in [0.4, 0.5) is 8.78 Å². The Kier molecular flexibility index (Phi) is 4.64. The van der Waals surface area contributed by atoms with Crippen LogP contribution in [0.25, 0.3) is 0 Å². The van der Waals surface area contributed by atoms with Crippen LogP contribution in [0.15, 0.2) is 18.2 Å². The lowest BCUT2D eigenvalue weighted by Crippen LogP contribution is -2.50. The molecule has 2 unspecified atom stereocenters. The third-order valence-electron chi connectivity index (χ3n) is 6.97. The Morgan fingerprint density at radius 1 is 1.18 bits per heavy atom. The van der Waals surface area contributed by atoms with E-state index in [1.807, 2.05) is 0 Å². The van der Waals surface area contributed by atoms with Crippen molar-refractivity contribution in [3.8, 4) is 0 Å². The second kappa shape index (κ2) is 7.04. The van der Waals surface area contributed by atoms with Crippen molar-refractivity contribution in [1.82, 2.24) is 9.80 Å². The summed E-state index contributed by atoms with van der Waals surface area (Å²) >= 11 is 0. The minimum absolute atomic E-state index is 0.159. The zero-order valence-electron chi connectivity index (χ0n) is 15.9. The van der Waals surface area contributed by atoms with E-state index in [0.29, 0.717) is 30.9 Å². The van der Waals surface area contributed by atoms with Crippen molar-refractivity contribution >= 4 is 5.91 Å². The number of rotatable bonds is 3. The van der Waals surface area contributed by atoms with Gasteiger partial charge in [0.15, 0.2) is 0 Å². The van der Waals surface area contributed by atoms with E-state index in [9.17, 15) is 13.6 Å². The molecule has 5 atom stereocenters.